The van der Waals surface area contributed by atoms with Crippen molar-refractivity contribution in [3.8, 4) is 0 Å². The summed E-state index contributed by atoms with van der Waals surface area (Å²) in [5, 5.41) is 0. The van der Waals surface area contributed by atoms with E-state index in [4.69, 9.17) is 0 Å². The third kappa shape index (κ3) is 37.3. The molecule has 349 valence electrons. The molecule has 0 heterocycles. The second-order valence-corrected chi connectivity index (χ2v) is 26.2. The van der Waals surface area contributed by atoms with E-state index in [1.54, 1.807) is 0 Å². The molecule has 0 aliphatic heterocycles. The Morgan fingerprint density at radius 2 is 0.534 bits per heavy atom. The van der Waals surface area contributed by atoms with Gasteiger partial charge in [-0.2, -0.15) is 0 Å². The van der Waals surface area contributed by atoms with E-state index in [0.29, 0.717) is 36.2 Å². The Morgan fingerprint density at radius 3 is 0.707 bits per heavy atom. The Hall–Kier alpha value is 1.92. The van der Waals surface area contributed by atoms with Crippen LogP contribution in [0.4, 0.5) is 0 Å². The molecule has 58 heavy (non-hydrogen) atoms. The maximum Gasteiger partial charge on any atom is 3.00 e. The maximum atomic E-state index is 12.4. The van der Waals surface area contributed by atoms with Crippen molar-refractivity contribution in [3.05, 3.63) is 0 Å². The molecule has 0 amide bonds. The van der Waals surface area contributed by atoms with Crippen molar-refractivity contribution >= 4 is 22.1 Å². The molecule has 0 aliphatic carbocycles. The normalized spacial score (nSPS) is 17.6. The van der Waals surface area contributed by atoms with Crippen LogP contribution in [0.5, 0.6) is 0 Å². The fourth-order valence-corrected chi connectivity index (χ4v) is 13.9. The Morgan fingerprint density at radius 1 is 0.328 bits per heavy atom. The van der Waals surface area contributed by atoms with Gasteiger partial charge in [-0.25, -0.2) is 0 Å². The molecule has 0 fully saturated rings. The van der Waals surface area contributed by atoms with Gasteiger partial charge in [0.05, 0.1) is 0 Å². The van der Waals surface area contributed by atoms with E-state index >= 15 is 0 Å². The van der Waals surface area contributed by atoms with E-state index in [1.165, 1.54) is 57.8 Å². The van der Waals surface area contributed by atoms with Crippen LogP contribution in [-0.2, 0) is 13.7 Å². The van der Waals surface area contributed by atoms with Gasteiger partial charge >= 0.3 is 40.8 Å². The smallest absolute Gasteiger partial charge is 0.799 e. The van der Waals surface area contributed by atoms with Crippen molar-refractivity contribution in [3.63, 3.8) is 0 Å². The molecule has 0 N–H and O–H groups in total. The van der Waals surface area contributed by atoms with Crippen molar-refractivity contribution in [2.24, 2.45) is 17.8 Å². The van der Waals surface area contributed by atoms with Gasteiger partial charge in [-0.05, 0) is 72.5 Å². The molecule has 0 bridgehead atoms. The summed E-state index contributed by atoms with van der Waals surface area (Å²) in [6.45, 7) is 25.1. The van der Waals surface area contributed by atoms with Gasteiger partial charge in [-0.3, -0.25) is 0 Å². The van der Waals surface area contributed by atoms with Crippen LogP contribution in [0.25, 0.3) is 0 Å². The van der Waals surface area contributed by atoms with Crippen molar-refractivity contribution in [1.29, 1.82) is 0 Å². The first kappa shape index (κ1) is 66.5. The molecule has 0 aromatic heterocycles. The zero-order valence-corrected chi connectivity index (χ0v) is 46.9. The molecular weight excluding hydrogens is 910 g/mol. The summed E-state index contributed by atoms with van der Waals surface area (Å²) in [6, 6.07) is 0. The van der Waals surface area contributed by atoms with Crippen molar-refractivity contribution in [2.75, 3.05) is 18.5 Å². The van der Waals surface area contributed by atoms with E-state index in [0.717, 1.165) is 116 Å². The molecule has 0 spiro atoms. The van der Waals surface area contributed by atoms with Crippen molar-refractivity contribution < 1.29 is 69.2 Å². The van der Waals surface area contributed by atoms with Crippen molar-refractivity contribution in [2.45, 2.75) is 273 Å². The van der Waals surface area contributed by atoms with Crippen LogP contribution in [0, 0.1) is 58.6 Å². The molecule has 0 aromatic carbocycles. The molecule has 9 unspecified atom stereocenters. The largest absolute Gasteiger partial charge is 3.00 e. The Kier molecular flexibility index (Phi) is 49.1. The fourth-order valence-electron chi connectivity index (χ4n) is 7.56. The quantitative estimate of drug-likeness (QED) is 0.0455. The SMILES string of the molecule is CCCCCCC(C)P(=O)([O-])CC(CC)CCCC.CCCCCCC(C)P(=O)([O-])CC(CC)CCCC.CCCCCCC(C)P(=O)([O-])CC(CC)CCCC.[Nd+3]. The van der Waals surface area contributed by atoms with Crippen molar-refractivity contribution in [1.82, 2.24) is 0 Å². The van der Waals surface area contributed by atoms with Gasteiger partial charge in [0.15, 0.2) is 0 Å². The predicted molar refractivity (Wildman–Crippen MR) is 252 cm³/mol. The van der Waals surface area contributed by atoms with E-state index in [2.05, 4.69) is 62.3 Å². The standard InChI is InChI=1S/3C16H35O2P.Nd/c3*1-5-8-10-11-12-15(4)19(17,18)14-16(7-3)13-9-6-2;/h3*15-16H,5-14H2,1-4H3,(H,17,18);/q;;;+3/p-3. The summed E-state index contributed by atoms with van der Waals surface area (Å²) in [6.07, 6.45) is 31.0. The van der Waals surface area contributed by atoms with E-state index < -0.39 is 22.1 Å². The number of unbranched alkanes of at least 4 members (excludes halogenated alkanes) is 12. The maximum absolute atomic E-state index is 12.4. The van der Waals surface area contributed by atoms with Gasteiger partial charge in [0.25, 0.3) is 0 Å². The van der Waals surface area contributed by atoms with Gasteiger partial charge < -0.3 is 28.4 Å². The molecule has 6 nitrogen and oxygen atoms in total. The third-order valence-corrected chi connectivity index (χ3v) is 20.5. The van der Waals surface area contributed by atoms with Gasteiger partial charge in [0.2, 0.25) is 0 Å². The summed E-state index contributed by atoms with van der Waals surface area (Å²) in [7, 11) is -9.59. The van der Waals surface area contributed by atoms with E-state index in [-0.39, 0.29) is 57.8 Å². The molecule has 0 saturated carbocycles. The summed E-state index contributed by atoms with van der Waals surface area (Å²) >= 11 is 0. The van der Waals surface area contributed by atoms with Crippen LogP contribution < -0.4 is 14.7 Å². The minimum Gasteiger partial charge on any atom is -0.799 e. The van der Waals surface area contributed by atoms with Crippen LogP contribution in [-0.4, -0.2) is 35.5 Å². The third-order valence-electron chi connectivity index (χ3n) is 12.6. The topological polar surface area (TPSA) is 120 Å². The summed E-state index contributed by atoms with van der Waals surface area (Å²) < 4.78 is 37.1. The minimum absolute atomic E-state index is 0. The second-order valence-electron chi connectivity index (χ2n) is 18.1. The molecule has 0 saturated heterocycles. The summed E-state index contributed by atoms with van der Waals surface area (Å²) in [5.74, 6) is 1.13. The van der Waals surface area contributed by atoms with Crippen LogP contribution >= 0.6 is 22.1 Å². The second kappa shape index (κ2) is 42.8. The first-order valence-electron chi connectivity index (χ1n) is 24.8. The van der Waals surface area contributed by atoms with Crippen LogP contribution in [0.1, 0.15) is 256 Å². The molecule has 0 aliphatic rings. The monoisotopic (exact) mass is 1010 g/mol. The van der Waals surface area contributed by atoms with Gasteiger partial charge in [0.1, 0.15) is 0 Å². The molecule has 1 radical (unpaired) electrons. The minimum atomic E-state index is -3.20. The molecule has 0 aromatic rings. The first-order valence-corrected chi connectivity index (χ1v) is 30.5. The zero-order valence-electron chi connectivity index (χ0n) is 41.0. The first-order chi connectivity index (χ1) is 26.9. The van der Waals surface area contributed by atoms with Gasteiger partial charge in [-0.15, -0.1) is 0 Å². The zero-order chi connectivity index (χ0) is 44.2. The molecule has 0 rings (SSSR count). The Labute approximate surface area is 397 Å². The number of hydrogen-bond donors (Lipinski definition) is 0. The van der Waals surface area contributed by atoms with Gasteiger partial charge in [-0.1, -0.05) is 237 Å². The number of rotatable bonds is 36. The van der Waals surface area contributed by atoms with Crippen LogP contribution in [0.15, 0.2) is 0 Å². The van der Waals surface area contributed by atoms with E-state index in [1.807, 2.05) is 20.8 Å². The van der Waals surface area contributed by atoms with E-state index in [9.17, 15) is 28.4 Å². The summed E-state index contributed by atoms with van der Waals surface area (Å²) in [5.41, 5.74) is -0.375. The Bertz CT molecular complexity index is 890. The fraction of sp³-hybridized carbons (Fsp3) is 1.00. The average molecular weight is 1010 g/mol. The number of hydrogen-bond acceptors (Lipinski definition) is 6. The Balaban J connectivity index is -0.000000374. The van der Waals surface area contributed by atoms with Gasteiger partial charge in [0, 0.05) is 22.1 Å². The van der Waals surface area contributed by atoms with Crippen LogP contribution in [0.2, 0.25) is 0 Å². The molecule has 9 atom stereocenters. The summed E-state index contributed by atoms with van der Waals surface area (Å²) in [4.78, 5) is 37.1. The molecule has 10 heteroatoms. The van der Waals surface area contributed by atoms with Crippen LogP contribution in [0.3, 0.4) is 0 Å². The predicted octanol–water partition coefficient (Wildman–Crippen LogP) is 15.6. The average Bonchev–Trinajstić information content (AvgIpc) is 3.18. The molecular formula is C48H102NdO6P3.